The molecule has 2 aromatic heterocycles. The van der Waals surface area contributed by atoms with Gasteiger partial charge in [0, 0.05) is 21.5 Å². The fourth-order valence-electron chi connectivity index (χ4n) is 3.24. The molecule has 1 N–H and O–H groups in total. The largest absolute Gasteiger partial charge is 0.275 e. The Bertz CT molecular complexity index is 1320. The van der Waals surface area contributed by atoms with E-state index < -0.39 is 10.0 Å². The average molecular weight is 429 g/mol. The quantitative estimate of drug-likeness (QED) is 0.500. The Balaban J connectivity index is 1.68. The van der Waals surface area contributed by atoms with E-state index in [9.17, 15) is 8.42 Å². The summed E-state index contributed by atoms with van der Waals surface area (Å²) in [5.74, 6) is 0. The lowest BCUT2D eigenvalue weighted by atomic mass is 10.1. The number of halogens is 1. The van der Waals surface area contributed by atoms with Gasteiger partial charge in [-0.1, -0.05) is 41.9 Å². The molecule has 0 radical (unpaired) electrons. The van der Waals surface area contributed by atoms with E-state index in [1.54, 1.807) is 29.8 Å². The maximum atomic E-state index is 12.6. The first-order valence-electron chi connectivity index (χ1n) is 8.38. The predicted octanol–water partition coefficient (Wildman–Crippen LogP) is 4.74. The lowest BCUT2D eigenvalue weighted by molar-refractivity contribution is 0.601. The molecule has 6 nitrogen and oxygen atoms in total. The predicted molar refractivity (Wildman–Crippen MR) is 111 cm³/mol. The SMILES string of the molecule is Cc1nn(-c2nc(-c3ccc(Cl)cc3)cs2)c2c1NS(=O)(=O)c1ccccc1-2. The lowest BCUT2D eigenvalue weighted by Crippen LogP contribution is -2.19. The maximum absolute atomic E-state index is 12.6. The molecule has 0 fully saturated rings. The van der Waals surface area contributed by atoms with E-state index in [0.29, 0.717) is 32.8 Å². The molecule has 0 bridgehead atoms. The third-order valence-corrected chi connectivity index (χ3v) is 7.02. The molecule has 0 saturated heterocycles. The number of rotatable bonds is 2. The Morgan fingerprint density at radius 3 is 2.64 bits per heavy atom. The number of sulfonamides is 1. The van der Waals surface area contributed by atoms with Crippen LogP contribution in [0.3, 0.4) is 0 Å². The zero-order chi connectivity index (χ0) is 19.5. The molecule has 0 spiro atoms. The standard InChI is InChI=1S/C19H13ClN4O2S2/c1-11-17-18(14-4-2-3-5-16(14)28(25,26)23-17)24(22-11)19-21-15(10-27-19)12-6-8-13(20)9-7-12/h2-10,23H,1H3. The number of benzene rings is 2. The first-order valence-corrected chi connectivity index (χ1v) is 11.1. The number of hydrogen-bond acceptors (Lipinski definition) is 5. The molecule has 0 saturated carbocycles. The van der Waals surface area contributed by atoms with Crippen molar-refractivity contribution in [3.8, 4) is 27.6 Å². The minimum atomic E-state index is -3.62. The first-order chi connectivity index (χ1) is 13.4. The second-order valence-corrected chi connectivity index (χ2v) is 9.27. The summed E-state index contributed by atoms with van der Waals surface area (Å²) in [7, 11) is -3.62. The molecule has 2 aromatic carbocycles. The van der Waals surface area contributed by atoms with Gasteiger partial charge in [0.2, 0.25) is 5.13 Å². The highest BCUT2D eigenvalue weighted by Gasteiger charge is 2.33. The van der Waals surface area contributed by atoms with Crippen LogP contribution in [0.1, 0.15) is 5.69 Å². The van der Waals surface area contributed by atoms with Crippen LogP contribution in [0.4, 0.5) is 5.69 Å². The summed E-state index contributed by atoms with van der Waals surface area (Å²) in [6.07, 6.45) is 0. The van der Waals surface area contributed by atoms with Gasteiger partial charge in [-0.15, -0.1) is 11.3 Å². The third-order valence-electron chi connectivity index (χ3n) is 4.54. The minimum absolute atomic E-state index is 0.234. The number of fused-ring (bicyclic) bond motifs is 3. The van der Waals surface area contributed by atoms with Crippen molar-refractivity contribution in [1.82, 2.24) is 14.8 Å². The van der Waals surface area contributed by atoms with E-state index >= 15 is 0 Å². The fourth-order valence-corrected chi connectivity index (χ4v) is 5.49. The summed E-state index contributed by atoms with van der Waals surface area (Å²) >= 11 is 7.41. The average Bonchev–Trinajstić information content (AvgIpc) is 3.28. The topological polar surface area (TPSA) is 76.9 Å². The molecule has 0 unspecified atom stereocenters. The third kappa shape index (κ3) is 2.64. The molecule has 0 atom stereocenters. The van der Waals surface area contributed by atoms with Crippen LogP contribution in [0.5, 0.6) is 0 Å². The Kier molecular flexibility index (Phi) is 3.84. The van der Waals surface area contributed by atoms with Crippen molar-refractivity contribution in [2.75, 3.05) is 4.72 Å². The summed E-state index contributed by atoms with van der Waals surface area (Å²) in [6, 6.07) is 14.4. The van der Waals surface area contributed by atoms with Gasteiger partial charge in [0.05, 0.1) is 22.0 Å². The number of hydrogen-bond donors (Lipinski definition) is 1. The van der Waals surface area contributed by atoms with Crippen LogP contribution >= 0.6 is 22.9 Å². The smallest absolute Gasteiger partial charge is 0.262 e. The molecule has 140 valence electrons. The number of aryl methyl sites for hydroxylation is 1. The van der Waals surface area contributed by atoms with Gasteiger partial charge in [-0.3, -0.25) is 4.72 Å². The van der Waals surface area contributed by atoms with Crippen LogP contribution in [-0.4, -0.2) is 23.2 Å². The van der Waals surface area contributed by atoms with E-state index in [1.807, 2.05) is 35.7 Å². The van der Waals surface area contributed by atoms with Crippen molar-refractivity contribution < 1.29 is 8.42 Å². The van der Waals surface area contributed by atoms with Crippen molar-refractivity contribution in [3.05, 3.63) is 64.6 Å². The zero-order valence-corrected chi connectivity index (χ0v) is 16.9. The van der Waals surface area contributed by atoms with Crippen LogP contribution in [0, 0.1) is 6.92 Å². The Labute approximate surface area is 170 Å². The van der Waals surface area contributed by atoms with Crippen LogP contribution in [-0.2, 0) is 10.0 Å². The molecule has 1 aliphatic rings. The molecule has 4 aromatic rings. The van der Waals surface area contributed by atoms with Crippen molar-refractivity contribution in [2.45, 2.75) is 11.8 Å². The normalized spacial score (nSPS) is 14.2. The lowest BCUT2D eigenvalue weighted by Gasteiger charge is -2.19. The van der Waals surface area contributed by atoms with Crippen molar-refractivity contribution in [2.24, 2.45) is 0 Å². The molecule has 28 heavy (non-hydrogen) atoms. The van der Waals surface area contributed by atoms with Gasteiger partial charge in [0.15, 0.2) is 0 Å². The number of anilines is 1. The number of nitrogens with one attached hydrogen (secondary N) is 1. The summed E-state index contributed by atoms with van der Waals surface area (Å²) < 4.78 is 29.5. The molecule has 0 aliphatic carbocycles. The van der Waals surface area contributed by atoms with E-state index in [0.717, 1.165) is 11.3 Å². The molecule has 3 heterocycles. The molecular formula is C19H13ClN4O2S2. The second kappa shape index (κ2) is 6.16. The first kappa shape index (κ1) is 17.4. The summed E-state index contributed by atoms with van der Waals surface area (Å²) in [4.78, 5) is 4.94. The molecular weight excluding hydrogens is 416 g/mol. The number of thiazole rings is 1. The molecule has 5 rings (SSSR count). The van der Waals surface area contributed by atoms with Crippen LogP contribution in [0.15, 0.2) is 58.8 Å². The maximum Gasteiger partial charge on any atom is 0.262 e. The fraction of sp³-hybridized carbons (Fsp3) is 0.0526. The van der Waals surface area contributed by atoms with Crippen LogP contribution < -0.4 is 4.72 Å². The molecule has 0 amide bonds. The van der Waals surface area contributed by atoms with Crippen molar-refractivity contribution in [1.29, 1.82) is 0 Å². The highest BCUT2D eigenvalue weighted by molar-refractivity contribution is 7.93. The van der Waals surface area contributed by atoms with Crippen LogP contribution in [0.2, 0.25) is 5.02 Å². The summed E-state index contributed by atoms with van der Waals surface area (Å²) in [5, 5.41) is 7.83. The van der Waals surface area contributed by atoms with E-state index in [4.69, 9.17) is 16.6 Å². The minimum Gasteiger partial charge on any atom is -0.275 e. The van der Waals surface area contributed by atoms with Gasteiger partial charge in [-0.2, -0.15) is 5.10 Å². The van der Waals surface area contributed by atoms with Crippen molar-refractivity contribution >= 4 is 38.6 Å². The van der Waals surface area contributed by atoms with Crippen LogP contribution in [0.25, 0.3) is 27.6 Å². The highest BCUT2D eigenvalue weighted by Crippen LogP contribution is 2.42. The number of nitrogens with zero attached hydrogens (tertiary/aromatic N) is 3. The second-order valence-electron chi connectivity index (χ2n) is 6.34. The van der Waals surface area contributed by atoms with Gasteiger partial charge >= 0.3 is 0 Å². The molecule has 1 aliphatic heterocycles. The summed E-state index contributed by atoms with van der Waals surface area (Å²) in [6.45, 7) is 1.78. The highest BCUT2D eigenvalue weighted by atomic mass is 35.5. The van der Waals surface area contributed by atoms with E-state index in [1.165, 1.54) is 11.3 Å². The zero-order valence-electron chi connectivity index (χ0n) is 14.5. The van der Waals surface area contributed by atoms with E-state index in [-0.39, 0.29) is 4.90 Å². The Hall–Kier alpha value is -2.68. The number of aromatic nitrogens is 3. The van der Waals surface area contributed by atoms with Gasteiger partial charge in [-0.25, -0.2) is 18.1 Å². The molecule has 9 heteroatoms. The van der Waals surface area contributed by atoms with E-state index in [2.05, 4.69) is 9.82 Å². The van der Waals surface area contributed by atoms with Gasteiger partial charge in [0.25, 0.3) is 10.0 Å². The van der Waals surface area contributed by atoms with Gasteiger partial charge < -0.3 is 0 Å². The van der Waals surface area contributed by atoms with Crippen molar-refractivity contribution in [3.63, 3.8) is 0 Å². The Morgan fingerprint density at radius 1 is 1.11 bits per heavy atom. The Morgan fingerprint density at radius 2 is 1.86 bits per heavy atom. The monoisotopic (exact) mass is 428 g/mol. The van der Waals surface area contributed by atoms with Gasteiger partial charge in [0.1, 0.15) is 5.69 Å². The summed E-state index contributed by atoms with van der Waals surface area (Å²) in [5.41, 5.74) is 4.15. The van der Waals surface area contributed by atoms with Gasteiger partial charge in [-0.05, 0) is 25.1 Å².